The molecule has 2 aromatic rings. The van der Waals surface area contributed by atoms with Crippen LogP contribution in [-0.2, 0) is 17.8 Å². The van der Waals surface area contributed by atoms with Gasteiger partial charge in [0.1, 0.15) is 11.1 Å². The second kappa shape index (κ2) is 8.84. The fourth-order valence-electron chi connectivity index (χ4n) is 2.93. The average Bonchev–Trinajstić information content (AvgIpc) is 2.86. The zero-order chi connectivity index (χ0) is 18.4. The standard InChI is InChI=1S/C18H23N5O2S/c1-2-19-17(25)20-16(24)15(13-9-5-3-6-10-13)26-18-22-21-14-11-7-4-8-12-23(14)18/h3,5-6,9-10,15H,2,4,7-8,11-12H2,1H3,(H2,19,20,24,25)/t15-/m1/s1. The summed E-state index contributed by atoms with van der Waals surface area (Å²) in [7, 11) is 0. The van der Waals surface area contributed by atoms with Gasteiger partial charge in [0.05, 0.1) is 0 Å². The first-order valence-electron chi connectivity index (χ1n) is 8.91. The molecule has 1 aromatic heterocycles. The van der Waals surface area contributed by atoms with E-state index < -0.39 is 11.3 Å². The highest BCUT2D eigenvalue weighted by molar-refractivity contribution is 8.00. The van der Waals surface area contributed by atoms with Crippen molar-refractivity contribution in [3.8, 4) is 0 Å². The van der Waals surface area contributed by atoms with E-state index in [1.807, 2.05) is 30.3 Å². The Kier molecular flexibility index (Phi) is 6.27. The minimum atomic E-state index is -0.574. The predicted molar refractivity (Wildman–Crippen MR) is 99.8 cm³/mol. The number of nitrogens with zero attached hydrogens (tertiary/aromatic N) is 3. The van der Waals surface area contributed by atoms with Crippen molar-refractivity contribution in [1.29, 1.82) is 0 Å². The summed E-state index contributed by atoms with van der Waals surface area (Å²) in [5.74, 6) is 0.610. The van der Waals surface area contributed by atoms with Gasteiger partial charge in [0, 0.05) is 19.5 Å². The zero-order valence-corrected chi connectivity index (χ0v) is 15.6. The molecule has 3 rings (SSSR count). The highest BCUT2D eigenvalue weighted by Gasteiger charge is 2.27. The van der Waals surface area contributed by atoms with Gasteiger partial charge in [-0.25, -0.2) is 4.79 Å². The fraction of sp³-hybridized carbons (Fsp3) is 0.444. The van der Waals surface area contributed by atoms with Gasteiger partial charge in [-0.2, -0.15) is 0 Å². The molecule has 0 aliphatic carbocycles. The van der Waals surface area contributed by atoms with Crippen LogP contribution in [0, 0.1) is 0 Å². The fourth-order valence-corrected chi connectivity index (χ4v) is 4.02. The molecule has 0 bridgehead atoms. The molecule has 0 unspecified atom stereocenters. The summed E-state index contributed by atoms with van der Waals surface area (Å²) in [5, 5.41) is 13.7. The average molecular weight is 373 g/mol. The van der Waals surface area contributed by atoms with E-state index in [1.54, 1.807) is 6.92 Å². The number of aromatic nitrogens is 3. The number of benzene rings is 1. The molecule has 1 aliphatic rings. The zero-order valence-electron chi connectivity index (χ0n) is 14.8. The number of carbonyl (C=O) groups is 2. The number of fused-ring (bicyclic) bond motifs is 1. The normalized spacial score (nSPS) is 14.8. The van der Waals surface area contributed by atoms with Crippen molar-refractivity contribution in [2.45, 2.75) is 49.6 Å². The number of carbonyl (C=O) groups excluding carboxylic acids is 2. The first-order chi connectivity index (χ1) is 12.7. The molecule has 2 N–H and O–H groups in total. The molecule has 3 amide bonds. The number of hydrogen-bond donors (Lipinski definition) is 2. The minimum Gasteiger partial charge on any atom is -0.338 e. The third-order valence-corrected chi connectivity index (χ3v) is 5.45. The van der Waals surface area contributed by atoms with Gasteiger partial charge in [-0.05, 0) is 25.3 Å². The van der Waals surface area contributed by atoms with Gasteiger partial charge in [0.2, 0.25) is 5.91 Å². The number of nitrogens with one attached hydrogen (secondary N) is 2. The SMILES string of the molecule is CCNC(=O)NC(=O)[C@H](Sc1nnc2n1CCCCC2)c1ccccc1. The lowest BCUT2D eigenvalue weighted by molar-refractivity contribution is -0.119. The lowest BCUT2D eigenvalue weighted by Crippen LogP contribution is -2.41. The van der Waals surface area contributed by atoms with Crippen LogP contribution in [0.4, 0.5) is 4.79 Å². The van der Waals surface area contributed by atoms with Crippen molar-refractivity contribution in [3.63, 3.8) is 0 Å². The van der Waals surface area contributed by atoms with Crippen molar-refractivity contribution in [1.82, 2.24) is 25.4 Å². The third-order valence-electron chi connectivity index (χ3n) is 4.21. The van der Waals surface area contributed by atoms with Gasteiger partial charge in [-0.3, -0.25) is 10.1 Å². The monoisotopic (exact) mass is 373 g/mol. The van der Waals surface area contributed by atoms with Gasteiger partial charge in [-0.15, -0.1) is 10.2 Å². The second-order valence-electron chi connectivity index (χ2n) is 6.12. The van der Waals surface area contributed by atoms with Crippen LogP contribution < -0.4 is 10.6 Å². The molecule has 26 heavy (non-hydrogen) atoms. The number of imide groups is 1. The third kappa shape index (κ3) is 4.43. The van der Waals surface area contributed by atoms with Crippen LogP contribution in [0.5, 0.6) is 0 Å². The Hall–Kier alpha value is -2.35. The largest absolute Gasteiger partial charge is 0.338 e. The van der Waals surface area contributed by atoms with Crippen LogP contribution >= 0.6 is 11.8 Å². The highest BCUT2D eigenvalue weighted by atomic mass is 32.2. The first-order valence-corrected chi connectivity index (χ1v) is 9.79. The maximum atomic E-state index is 12.7. The van der Waals surface area contributed by atoms with E-state index in [9.17, 15) is 9.59 Å². The van der Waals surface area contributed by atoms with Crippen LogP contribution in [0.1, 0.15) is 42.8 Å². The van der Waals surface area contributed by atoms with Crippen molar-refractivity contribution >= 4 is 23.7 Å². The summed E-state index contributed by atoms with van der Waals surface area (Å²) in [6.07, 6.45) is 4.28. The Morgan fingerprint density at radius 3 is 2.77 bits per heavy atom. The molecule has 0 fully saturated rings. The molecule has 1 atom stereocenters. The van der Waals surface area contributed by atoms with E-state index in [0.717, 1.165) is 42.4 Å². The number of urea groups is 1. The maximum Gasteiger partial charge on any atom is 0.321 e. The van der Waals surface area contributed by atoms with E-state index in [4.69, 9.17) is 0 Å². The Labute approximate surface area is 157 Å². The quantitative estimate of drug-likeness (QED) is 0.787. The maximum absolute atomic E-state index is 12.7. The molecular formula is C18H23N5O2S. The molecule has 1 aliphatic heterocycles. The Morgan fingerprint density at radius 1 is 1.19 bits per heavy atom. The minimum absolute atomic E-state index is 0.363. The van der Waals surface area contributed by atoms with Crippen molar-refractivity contribution in [2.24, 2.45) is 0 Å². The Balaban J connectivity index is 1.84. The molecule has 0 spiro atoms. The molecule has 0 radical (unpaired) electrons. The number of amides is 3. The molecule has 138 valence electrons. The summed E-state index contributed by atoms with van der Waals surface area (Å²) in [6, 6.07) is 8.94. The first kappa shape index (κ1) is 18.4. The smallest absolute Gasteiger partial charge is 0.321 e. The lowest BCUT2D eigenvalue weighted by atomic mass is 10.1. The van der Waals surface area contributed by atoms with Crippen molar-refractivity contribution in [3.05, 3.63) is 41.7 Å². The molecule has 7 nitrogen and oxygen atoms in total. The second-order valence-corrected chi connectivity index (χ2v) is 7.19. The van der Waals surface area contributed by atoms with Crippen LogP contribution in [0.3, 0.4) is 0 Å². The van der Waals surface area contributed by atoms with Gasteiger partial charge in [-0.1, -0.05) is 48.5 Å². The van der Waals surface area contributed by atoms with Crippen LogP contribution in [0.2, 0.25) is 0 Å². The van der Waals surface area contributed by atoms with Gasteiger partial charge in [0.25, 0.3) is 0 Å². The molecule has 2 heterocycles. The van der Waals surface area contributed by atoms with Gasteiger partial charge >= 0.3 is 6.03 Å². The number of rotatable bonds is 5. The molecule has 1 aromatic carbocycles. The van der Waals surface area contributed by atoms with Crippen LogP contribution in [0.15, 0.2) is 35.5 Å². The summed E-state index contributed by atoms with van der Waals surface area (Å²) >= 11 is 1.34. The summed E-state index contributed by atoms with van der Waals surface area (Å²) in [6.45, 7) is 3.13. The van der Waals surface area contributed by atoms with Gasteiger partial charge < -0.3 is 9.88 Å². The van der Waals surface area contributed by atoms with E-state index >= 15 is 0 Å². The molecule has 8 heteroatoms. The van der Waals surface area contributed by atoms with E-state index in [2.05, 4.69) is 25.4 Å². The van der Waals surface area contributed by atoms with Crippen LogP contribution in [0.25, 0.3) is 0 Å². The van der Waals surface area contributed by atoms with Gasteiger partial charge in [0.15, 0.2) is 5.16 Å². The number of hydrogen-bond acceptors (Lipinski definition) is 5. The van der Waals surface area contributed by atoms with Crippen molar-refractivity contribution < 1.29 is 9.59 Å². The van der Waals surface area contributed by atoms with E-state index in [0.29, 0.717) is 6.54 Å². The Bertz CT molecular complexity index is 762. The number of aryl methyl sites for hydroxylation is 1. The lowest BCUT2D eigenvalue weighted by Gasteiger charge is -2.16. The van der Waals surface area contributed by atoms with Crippen LogP contribution in [-0.4, -0.2) is 33.2 Å². The van der Waals surface area contributed by atoms with Crippen molar-refractivity contribution in [2.75, 3.05) is 6.54 Å². The summed E-state index contributed by atoms with van der Waals surface area (Å²) in [5.41, 5.74) is 0.824. The van der Waals surface area contributed by atoms with E-state index in [-0.39, 0.29) is 5.91 Å². The topological polar surface area (TPSA) is 88.9 Å². The Morgan fingerprint density at radius 2 is 2.00 bits per heavy atom. The summed E-state index contributed by atoms with van der Waals surface area (Å²) in [4.78, 5) is 24.5. The highest BCUT2D eigenvalue weighted by Crippen LogP contribution is 2.35. The van der Waals surface area contributed by atoms with E-state index in [1.165, 1.54) is 18.2 Å². The predicted octanol–water partition coefficient (Wildman–Crippen LogP) is 2.68. The molecule has 0 saturated heterocycles. The molecule has 0 saturated carbocycles. The molecular weight excluding hydrogens is 350 g/mol. The summed E-state index contributed by atoms with van der Waals surface area (Å²) < 4.78 is 2.10. The number of thioether (sulfide) groups is 1.